The molecule has 0 bridgehead atoms. The Balaban J connectivity index is 1.75. The summed E-state index contributed by atoms with van der Waals surface area (Å²) in [6, 6.07) is 11.5. The highest BCUT2D eigenvalue weighted by molar-refractivity contribution is 5.90. The third kappa shape index (κ3) is 3.20. The van der Waals surface area contributed by atoms with Gasteiger partial charge in [0.05, 0.1) is 18.5 Å². The molecule has 1 N–H and O–H groups in total. The van der Waals surface area contributed by atoms with Crippen LogP contribution in [0.2, 0.25) is 0 Å². The first-order chi connectivity index (χ1) is 11.5. The van der Waals surface area contributed by atoms with Crippen molar-refractivity contribution in [3.05, 3.63) is 59.0 Å². The molecule has 0 saturated carbocycles. The van der Waals surface area contributed by atoms with E-state index < -0.39 is 0 Å². The van der Waals surface area contributed by atoms with E-state index in [0.717, 1.165) is 16.9 Å². The summed E-state index contributed by atoms with van der Waals surface area (Å²) in [6.45, 7) is 4.22. The smallest absolute Gasteiger partial charge is 0.226 e. The molecule has 2 unspecified atom stereocenters. The molecule has 1 aliphatic heterocycles. The summed E-state index contributed by atoms with van der Waals surface area (Å²) >= 11 is 0. The molecule has 2 aromatic rings. The normalized spacial score (nSPS) is 20.5. The van der Waals surface area contributed by atoms with Crippen molar-refractivity contribution in [2.75, 3.05) is 7.05 Å². The Bertz CT molecular complexity index is 748. The molecular formula is C19H22N2O3. The van der Waals surface area contributed by atoms with Crippen molar-refractivity contribution in [3.8, 4) is 0 Å². The summed E-state index contributed by atoms with van der Waals surface area (Å²) in [7, 11) is 1.76. The standard InChI is InChI=1S/C19H22N2O3/c1-12-4-7-14(8-5-12)18-16(10-17(22)21(18)3)19(23)20-11-15-9-6-13(2)24-15/h4-9,16,18H,10-11H2,1-3H3,(H,20,23). The molecule has 5 heteroatoms. The quantitative estimate of drug-likeness (QED) is 0.940. The highest BCUT2D eigenvalue weighted by Gasteiger charge is 2.42. The fourth-order valence-corrected chi connectivity index (χ4v) is 3.21. The summed E-state index contributed by atoms with van der Waals surface area (Å²) < 4.78 is 5.47. The molecule has 2 atom stereocenters. The molecule has 1 aromatic carbocycles. The van der Waals surface area contributed by atoms with Gasteiger partial charge in [0.2, 0.25) is 11.8 Å². The third-order valence-corrected chi connectivity index (χ3v) is 4.57. The van der Waals surface area contributed by atoms with Gasteiger partial charge in [0.15, 0.2) is 0 Å². The van der Waals surface area contributed by atoms with Crippen LogP contribution in [0.3, 0.4) is 0 Å². The lowest BCUT2D eigenvalue weighted by Crippen LogP contribution is -2.34. The van der Waals surface area contributed by atoms with Crippen LogP contribution in [0.1, 0.15) is 35.1 Å². The first-order valence-corrected chi connectivity index (χ1v) is 8.11. The van der Waals surface area contributed by atoms with Crippen molar-refractivity contribution in [2.45, 2.75) is 32.9 Å². The maximum atomic E-state index is 12.6. The summed E-state index contributed by atoms with van der Waals surface area (Å²) in [5.74, 6) is 1.01. The zero-order chi connectivity index (χ0) is 17.3. The van der Waals surface area contributed by atoms with Gasteiger partial charge >= 0.3 is 0 Å². The fourth-order valence-electron chi connectivity index (χ4n) is 3.21. The molecule has 5 nitrogen and oxygen atoms in total. The Hall–Kier alpha value is -2.56. The van der Waals surface area contributed by atoms with Crippen molar-refractivity contribution < 1.29 is 14.0 Å². The SMILES string of the molecule is Cc1ccc(C2C(C(=O)NCc3ccc(C)o3)CC(=O)N2C)cc1. The summed E-state index contributed by atoms with van der Waals surface area (Å²) in [6.07, 6.45) is 0.234. The monoisotopic (exact) mass is 326 g/mol. The second-order valence-electron chi connectivity index (χ2n) is 6.40. The number of carbonyl (C=O) groups is 2. The van der Waals surface area contributed by atoms with E-state index in [0.29, 0.717) is 12.3 Å². The van der Waals surface area contributed by atoms with Crippen LogP contribution in [-0.4, -0.2) is 23.8 Å². The van der Waals surface area contributed by atoms with E-state index in [1.807, 2.05) is 50.2 Å². The largest absolute Gasteiger partial charge is 0.465 e. The van der Waals surface area contributed by atoms with E-state index in [4.69, 9.17) is 4.42 Å². The average molecular weight is 326 g/mol. The first-order valence-electron chi connectivity index (χ1n) is 8.11. The van der Waals surface area contributed by atoms with Crippen LogP contribution < -0.4 is 5.32 Å². The number of likely N-dealkylation sites (tertiary alicyclic amines) is 1. The van der Waals surface area contributed by atoms with Gasteiger partial charge in [0.25, 0.3) is 0 Å². The minimum atomic E-state index is -0.388. The predicted molar refractivity (Wildman–Crippen MR) is 90.1 cm³/mol. The van der Waals surface area contributed by atoms with Crippen molar-refractivity contribution in [2.24, 2.45) is 5.92 Å². The molecule has 0 radical (unpaired) electrons. The Morgan fingerprint density at radius 2 is 1.92 bits per heavy atom. The van der Waals surface area contributed by atoms with Gasteiger partial charge in [-0.2, -0.15) is 0 Å². The second kappa shape index (κ2) is 6.51. The Morgan fingerprint density at radius 3 is 2.54 bits per heavy atom. The Morgan fingerprint density at radius 1 is 1.21 bits per heavy atom. The van der Waals surface area contributed by atoms with Crippen LogP contribution in [0.5, 0.6) is 0 Å². The van der Waals surface area contributed by atoms with E-state index in [9.17, 15) is 9.59 Å². The zero-order valence-electron chi connectivity index (χ0n) is 14.2. The van der Waals surface area contributed by atoms with Crippen molar-refractivity contribution in [1.82, 2.24) is 10.2 Å². The lowest BCUT2D eigenvalue weighted by Gasteiger charge is -2.25. The lowest BCUT2D eigenvalue weighted by atomic mass is 9.92. The van der Waals surface area contributed by atoms with Crippen molar-refractivity contribution in [1.29, 1.82) is 0 Å². The molecular weight excluding hydrogens is 304 g/mol. The minimum absolute atomic E-state index is 0.00503. The molecule has 0 spiro atoms. The highest BCUT2D eigenvalue weighted by atomic mass is 16.3. The fraction of sp³-hybridized carbons (Fsp3) is 0.368. The van der Waals surface area contributed by atoms with Crippen molar-refractivity contribution in [3.63, 3.8) is 0 Å². The van der Waals surface area contributed by atoms with E-state index in [-0.39, 0.29) is 30.2 Å². The number of aryl methyl sites for hydroxylation is 2. The van der Waals surface area contributed by atoms with Gasteiger partial charge in [-0.25, -0.2) is 0 Å². The molecule has 126 valence electrons. The van der Waals surface area contributed by atoms with E-state index in [1.165, 1.54) is 0 Å². The topological polar surface area (TPSA) is 62.6 Å². The van der Waals surface area contributed by atoms with Crippen LogP contribution in [0, 0.1) is 19.8 Å². The van der Waals surface area contributed by atoms with Gasteiger partial charge in [-0.15, -0.1) is 0 Å². The maximum Gasteiger partial charge on any atom is 0.226 e. The zero-order valence-corrected chi connectivity index (χ0v) is 14.2. The second-order valence-corrected chi connectivity index (χ2v) is 6.40. The van der Waals surface area contributed by atoms with Gasteiger partial charge in [-0.1, -0.05) is 29.8 Å². The number of benzene rings is 1. The Kier molecular flexibility index (Phi) is 4.42. The van der Waals surface area contributed by atoms with Gasteiger partial charge in [-0.3, -0.25) is 9.59 Å². The number of nitrogens with zero attached hydrogens (tertiary/aromatic N) is 1. The molecule has 3 rings (SSSR count). The van der Waals surface area contributed by atoms with Crippen LogP contribution >= 0.6 is 0 Å². The van der Waals surface area contributed by atoms with Crippen molar-refractivity contribution >= 4 is 11.8 Å². The molecule has 24 heavy (non-hydrogen) atoms. The van der Waals surface area contributed by atoms with Gasteiger partial charge in [0.1, 0.15) is 11.5 Å². The maximum absolute atomic E-state index is 12.6. The summed E-state index contributed by atoms with van der Waals surface area (Å²) in [5.41, 5.74) is 2.14. The average Bonchev–Trinajstić information content (AvgIpc) is 3.10. The minimum Gasteiger partial charge on any atom is -0.465 e. The molecule has 0 aliphatic carbocycles. The number of carbonyl (C=O) groups excluding carboxylic acids is 2. The third-order valence-electron chi connectivity index (χ3n) is 4.57. The summed E-state index contributed by atoms with van der Waals surface area (Å²) in [4.78, 5) is 26.5. The number of furan rings is 1. The number of rotatable bonds is 4. The molecule has 2 heterocycles. The highest BCUT2D eigenvalue weighted by Crippen LogP contribution is 2.37. The Labute approximate surface area is 141 Å². The molecule has 1 aromatic heterocycles. The van der Waals surface area contributed by atoms with E-state index in [1.54, 1.807) is 11.9 Å². The van der Waals surface area contributed by atoms with E-state index >= 15 is 0 Å². The molecule has 1 saturated heterocycles. The molecule has 2 amide bonds. The number of amides is 2. The molecule has 1 fully saturated rings. The van der Waals surface area contributed by atoms with Crippen LogP contribution in [0.15, 0.2) is 40.8 Å². The van der Waals surface area contributed by atoms with E-state index in [2.05, 4.69) is 5.32 Å². The number of hydrogen-bond acceptors (Lipinski definition) is 3. The number of nitrogens with one attached hydrogen (secondary N) is 1. The van der Waals surface area contributed by atoms with Crippen LogP contribution in [0.25, 0.3) is 0 Å². The van der Waals surface area contributed by atoms with Gasteiger partial charge in [-0.05, 0) is 31.5 Å². The predicted octanol–water partition coefficient (Wildman–Crippen LogP) is 2.73. The van der Waals surface area contributed by atoms with Gasteiger partial charge < -0.3 is 14.6 Å². The number of hydrogen-bond donors (Lipinski definition) is 1. The lowest BCUT2D eigenvalue weighted by molar-refractivity contribution is -0.128. The summed E-state index contributed by atoms with van der Waals surface area (Å²) in [5, 5.41) is 2.89. The van der Waals surface area contributed by atoms with Crippen LogP contribution in [0.4, 0.5) is 0 Å². The first kappa shape index (κ1) is 16.3. The molecule has 1 aliphatic rings. The van der Waals surface area contributed by atoms with Gasteiger partial charge in [0, 0.05) is 13.5 Å². The van der Waals surface area contributed by atoms with Crippen LogP contribution in [-0.2, 0) is 16.1 Å².